The predicted octanol–water partition coefficient (Wildman–Crippen LogP) is 2.59. The average Bonchev–Trinajstić information content (AvgIpc) is 3.17. The van der Waals surface area contributed by atoms with Crippen LogP contribution in [-0.2, 0) is 4.79 Å². The molecule has 9 heteroatoms. The van der Waals surface area contributed by atoms with Gasteiger partial charge in [0.15, 0.2) is 17.0 Å². The van der Waals surface area contributed by atoms with Crippen molar-refractivity contribution in [1.29, 1.82) is 0 Å². The quantitative estimate of drug-likeness (QED) is 0.633. The van der Waals surface area contributed by atoms with Crippen LogP contribution in [0.4, 0.5) is 11.8 Å². The third kappa shape index (κ3) is 3.97. The Morgan fingerprint density at radius 2 is 1.96 bits per heavy atom. The molecule has 3 heterocycles. The van der Waals surface area contributed by atoms with E-state index in [4.69, 9.17) is 10.7 Å². The van der Waals surface area contributed by atoms with Crippen LogP contribution in [0, 0.1) is 0 Å². The molecule has 0 aromatic carbocycles. The van der Waals surface area contributed by atoms with Crippen LogP contribution in [0.5, 0.6) is 0 Å². The number of hydrogen-bond donors (Lipinski definition) is 3. The average molecular weight is 383 g/mol. The van der Waals surface area contributed by atoms with Gasteiger partial charge in [-0.2, -0.15) is 9.97 Å². The zero-order valence-electron chi connectivity index (χ0n) is 15.0. The Morgan fingerprint density at radius 1 is 1.19 bits per heavy atom. The summed E-state index contributed by atoms with van der Waals surface area (Å²) in [4.78, 5) is 30.0. The molecule has 27 heavy (non-hydrogen) atoms. The molecule has 3 aromatic rings. The van der Waals surface area contributed by atoms with E-state index in [9.17, 15) is 4.79 Å². The molecule has 0 unspecified atom stereocenters. The molecule has 0 saturated heterocycles. The number of fused-ring (bicyclic) bond motifs is 1. The molecule has 0 radical (unpaired) electrons. The molecule has 1 aliphatic carbocycles. The lowest BCUT2D eigenvalue weighted by atomic mass is 9.91. The number of carbonyl (C=O) groups excluding carboxylic acids is 1. The second-order valence-electron chi connectivity index (χ2n) is 6.73. The van der Waals surface area contributed by atoms with E-state index in [-0.39, 0.29) is 23.9 Å². The Kier molecular flexibility index (Phi) is 4.85. The van der Waals surface area contributed by atoms with Crippen molar-refractivity contribution in [2.24, 2.45) is 0 Å². The summed E-state index contributed by atoms with van der Waals surface area (Å²) in [5, 5.41) is 8.47. The minimum absolute atomic E-state index is 0.0253. The minimum atomic E-state index is 0.0253. The molecule has 1 amide bonds. The first-order chi connectivity index (χ1) is 13.1. The van der Waals surface area contributed by atoms with Gasteiger partial charge in [0.05, 0.1) is 16.8 Å². The highest BCUT2D eigenvalue weighted by Crippen LogP contribution is 2.28. The van der Waals surface area contributed by atoms with Crippen molar-refractivity contribution in [1.82, 2.24) is 25.3 Å². The highest BCUT2D eigenvalue weighted by molar-refractivity contribution is 7.13. The van der Waals surface area contributed by atoms with Gasteiger partial charge in [-0.3, -0.25) is 4.79 Å². The number of carbonyl (C=O) groups is 1. The lowest BCUT2D eigenvalue weighted by Crippen LogP contribution is -2.39. The van der Waals surface area contributed by atoms with Crippen LogP contribution < -0.4 is 16.4 Å². The fraction of sp³-hybridized carbons (Fsp3) is 0.389. The van der Waals surface area contributed by atoms with E-state index in [1.807, 2.05) is 17.5 Å². The molecule has 140 valence electrons. The number of anilines is 2. The third-order valence-corrected chi connectivity index (χ3v) is 5.57. The van der Waals surface area contributed by atoms with E-state index < -0.39 is 0 Å². The number of nitrogens with zero attached hydrogens (tertiary/aromatic N) is 4. The number of nitrogens with one attached hydrogen (secondary N) is 2. The summed E-state index contributed by atoms with van der Waals surface area (Å²) >= 11 is 1.61. The highest BCUT2D eigenvalue weighted by atomic mass is 32.1. The lowest BCUT2D eigenvalue weighted by Gasteiger charge is -2.29. The molecule has 1 fully saturated rings. The van der Waals surface area contributed by atoms with Crippen LogP contribution in [0.3, 0.4) is 0 Å². The normalized spacial score (nSPS) is 19.7. The molecule has 1 saturated carbocycles. The maximum absolute atomic E-state index is 11.2. The number of nitrogen functional groups attached to an aromatic ring is 1. The van der Waals surface area contributed by atoms with E-state index in [1.54, 1.807) is 24.5 Å². The van der Waals surface area contributed by atoms with Gasteiger partial charge >= 0.3 is 0 Å². The SMILES string of the molecule is CC(=O)NC1CCC(Nc2nc(N)nc3ncc(-c4cccs4)nc23)CC1. The van der Waals surface area contributed by atoms with Gasteiger partial charge in [-0.25, -0.2) is 9.97 Å². The monoisotopic (exact) mass is 383 g/mol. The van der Waals surface area contributed by atoms with Gasteiger partial charge in [-0.05, 0) is 37.1 Å². The van der Waals surface area contributed by atoms with Gasteiger partial charge in [0, 0.05) is 19.0 Å². The van der Waals surface area contributed by atoms with Crippen molar-refractivity contribution < 1.29 is 4.79 Å². The molecule has 0 bridgehead atoms. The van der Waals surface area contributed by atoms with Crippen molar-refractivity contribution in [3.05, 3.63) is 23.7 Å². The molecule has 0 aliphatic heterocycles. The third-order valence-electron chi connectivity index (χ3n) is 4.67. The maximum atomic E-state index is 11.2. The Hall–Kier alpha value is -2.81. The van der Waals surface area contributed by atoms with E-state index in [0.29, 0.717) is 17.0 Å². The second kappa shape index (κ2) is 7.43. The molecular weight excluding hydrogens is 362 g/mol. The summed E-state index contributed by atoms with van der Waals surface area (Å²) in [5.74, 6) is 0.818. The summed E-state index contributed by atoms with van der Waals surface area (Å²) in [6, 6.07) is 4.49. The summed E-state index contributed by atoms with van der Waals surface area (Å²) < 4.78 is 0. The van der Waals surface area contributed by atoms with E-state index in [2.05, 4.69) is 25.6 Å². The van der Waals surface area contributed by atoms with Crippen molar-refractivity contribution in [3.63, 3.8) is 0 Å². The molecule has 8 nitrogen and oxygen atoms in total. The van der Waals surface area contributed by atoms with Crippen LogP contribution in [-0.4, -0.2) is 37.9 Å². The van der Waals surface area contributed by atoms with Crippen LogP contribution in [0.15, 0.2) is 23.7 Å². The fourth-order valence-corrected chi connectivity index (χ4v) is 4.11. The Morgan fingerprint density at radius 3 is 2.67 bits per heavy atom. The van der Waals surface area contributed by atoms with Gasteiger partial charge in [0.25, 0.3) is 0 Å². The topological polar surface area (TPSA) is 119 Å². The van der Waals surface area contributed by atoms with Gasteiger partial charge in [-0.15, -0.1) is 11.3 Å². The zero-order chi connectivity index (χ0) is 18.8. The second-order valence-corrected chi connectivity index (χ2v) is 7.68. The Bertz CT molecular complexity index is 952. The molecule has 1 aliphatic rings. The molecule has 4 rings (SSSR count). The number of aromatic nitrogens is 4. The maximum Gasteiger partial charge on any atom is 0.224 e. The first-order valence-corrected chi connectivity index (χ1v) is 9.84. The minimum Gasteiger partial charge on any atom is -0.368 e. The summed E-state index contributed by atoms with van der Waals surface area (Å²) in [7, 11) is 0. The van der Waals surface area contributed by atoms with E-state index in [0.717, 1.165) is 36.3 Å². The van der Waals surface area contributed by atoms with Crippen molar-refractivity contribution in [2.45, 2.75) is 44.7 Å². The number of thiophene rings is 1. The van der Waals surface area contributed by atoms with Crippen LogP contribution in [0.25, 0.3) is 21.7 Å². The van der Waals surface area contributed by atoms with Gasteiger partial charge in [-0.1, -0.05) is 6.07 Å². The van der Waals surface area contributed by atoms with Crippen LogP contribution >= 0.6 is 11.3 Å². The standard InChI is InChI=1S/C18H21N7OS/c1-10(26)21-11-4-6-12(7-5-11)22-17-15-16(24-18(19)25-17)20-9-13(23-15)14-3-2-8-27-14/h2-3,8-9,11-12H,4-7H2,1H3,(H,21,26)(H3,19,20,22,24,25). The van der Waals surface area contributed by atoms with Gasteiger partial charge in [0.1, 0.15) is 0 Å². The van der Waals surface area contributed by atoms with Gasteiger partial charge < -0.3 is 16.4 Å². The zero-order valence-corrected chi connectivity index (χ0v) is 15.8. The molecule has 0 atom stereocenters. The van der Waals surface area contributed by atoms with Crippen molar-refractivity contribution >= 4 is 40.2 Å². The molecule has 4 N–H and O–H groups in total. The number of hydrogen-bond acceptors (Lipinski definition) is 8. The highest BCUT2D eigenvalue weighted by Gasteiger charge is 2.23. The van der Waals surface area contributed by atoms with Crippen LogP contribution in [0.1, 0.15) is 32.6 Å². The number of amides is 1. The van der Waals surface area contributed by atoms with E-state index >= 15 is 0 Å². The van der Waals surface area contributed by atoms with E-state index in [1.165, 1.54) is 0 Å². The van der Waals surface area contributed by atoms with Crippen LogP contribution in [0.2, 0.25) is 0 Å². The summed E-state index contributed by atoms with van der Waals surface area (Å²) in [6.07, 6.45) is 5.45. The van der Waals surface area contributed by atoms with Crippen molar-refractivity contribution in [3.8, 4) is 10.6 Å². The largest absolute Gasteiger partial charge is 0.368 e. The number of rotatable bonds is 4. The Balaban J connectivity index is 1.57. The van der Waals surface area contributed by atoms with Gasteiger partial charge in [0.2, 0.25) is 11.9 Å². The molecule has 3 aromatic heterocycles. The Labute approximate surface area is 160 Å². The first-order valence-electron chi connectivity index (χ1n) is 8.96. The first kappa shape index (κ1) is 17.6. The molecule has 0 spiro atoms. The predicted molar refractivity (Wildman–Crippen MR) is 106 cm³/mol. The number of nitrogens with two attached hydrogens (primary N) is 1. The fourth-order valence-electron chi connectivity index (χ4n) is 3.43. The van der Waals surface area contributed by atoms with Crippen molar-refractivity contribution in [2.75, 3.05) is 11.1 Å². The molecular formula is C18H21N7OS. The summed E-state index contributed by atoms with van der Waals surface area (Å²) in [5.41, 5.74) is 7.77. The summed E-state index contributed by atoms with van der Waals surface area (Å²) in [6.45, 7) is 1.56. The smallest absolute Gasteiger partial charge is 0.224 e. The lowest BCUT2D eigenvalue weighted by molar-refractivity contribution is -0.119.